The minimum absolute atomic E-state index is 0. The summed E-state index contributed by atoms with van der Waals surface area (Å²) in [4.78, 5) is 32.4. The minimum atomic E-state index is -5.93. The number of alkyl halides is 5. The van der Waals surface area contributed by atoms with Crippen molar-refractivity contribution in [2.24, 2.45) is 0 Å². The second-order valence-electron chi connectivity index (χ2n) is 6.95. The number of hydrogen-bond donors (Lipinski definition) is 0. The third-order valence-corrected chi connectivity index (χ3v) is 4.15. The van der Waals surface area contributed by atoms with Crippen LogP contribution in [-0.4, -0.2) is 67.5 Å². The van der Waals surface area contributed by atoms with Crippen molar-refractivity contribution < 1.29 is 63.5 Å². The van der Waals surface area contributed by atoms with Gasteiger partial charge in [0.15, 0.2) is 29.0 Å². The van der Waals surface area contributed by atoms with Crippen LogP contribution in [0.15, 0.2) is 24.3 Å². The van der Waals surface area contributed by atoms with Crippen LogP contribution in [0, 0.1) is 0 Å². The number of rotatable bonds is 11. The summed E-state index contributed by atoms with van der Waals surface area (Å²) in [6, 6.07) is 0. The molecule has 0 N–H and O–H groups in total. The second kappa shape index (κ2) is 14.0. The standard InChI is InChI=1S/C10H15F3O2.C8H10F2O7S.CH4/c1-7(2)8(14)15-6-5-10(12,13)9(3,4)11;1-5(2)7(12)16-3-6(11)17-4-8(9,10)18(13,14)15;/h1,5-6H2,2-4H3;1,3-4H2,2H3,(H,13,14,15);1H4/p-1. The molecule has 0 aromatic heterocycles. The van der Waals surface area contributed by atoms with Crippen LogP contribution in [0.5, 0.6) is 0 Å². The molecule has 0 rings (SSSR count). The third kappa shape index (κ3) is 13.9. The summed E-state index contributed by atoms with van der Waals surface area (Å²) in [5.74, 6) is -6.63. The Bertz CT molecular complexity index is 847. The summed E-state index contributed by atoms with van der Waals surface area (Å²) < 4.78 is 107. The van der Waals surface area contributed by atoms with Crippen LogP contribution in [0.2, 0.25) is 0 Å². The van der Waals surface area contributed by atoms with E-state index in [-0.39, 0.29) is 18.6 Å². The lowest BCUT2D eigenvalue weighted by atomic mass is 10.0. The molecule has 200 valence electrons. The van der Waals surface area contributed by atoms with Gasteiger partial charge in [-0.25, -0.2) is 36.0 Å². The summed E-state index contributed by atoms with van der Waals surface area (Å²) in [5, 5.41) is -4.74. The fourth-order valence-electron chi connectivity index (χ4n) is 1.22. The van der Waals surface area contributed by atoms with E-state index < -0.39 is 71.1 Å². The van der Waals surface area contributed by atoms with Crippen molar-refractivity contribution in [3.63, 3.8) is 0 Å². The molecule has 0 atom stereocenters. The van der Waals surface area contributed by atoms with Crippen LogP contribution in [0.25, 0.3) is 0 Å². The molecule has 0 aliphatic rings. The van der Waals surface area contributed by atoms with Crippen molar-refractivity contribution in [2.45, 2.75) is 58.4 Å². The highest BCUT2D eigenvalue weighted by Crippen LogP contribution is 2.34. The maximum atomic E-state index is 13.0. The van der Waals surface area contributed by atoms with Crippen molar-refractivity contribution in [1.29, 1.82) is 0 Å². The van der Waals surface area contributed by atoms with Crippen LogP contribution in [0.3, 0.4) is 0 Å². The Morgan fingerprint density at radius 2 is 1.29 bits per heavy atom. The lowest BCUT2D eigenvalue weighted by Gasteiger charge is -2.26. The first-order chi connectivity index (χ1) is 14.5. The normalized spacial score (nSPS) is 11.7. The van der Waals surface area contributed by atoms with Gasteiger partial charge < -0.3 is 18.8 Å². The average Bonchev–Trinajstić information content (AvgIpc) is 2.62. The summed E-state index contributed by atoms with van der Waals surface area (Å²) in [6.45, 7) is 7.26. The Hall–Kier alpha value is -2.55. The molecule has 0 heterocycles. The first kappa shape index (κ1) is 36.0. The minimum Gasteiger partial charge on any atom is -0.743 e. The average molecular weight is 527 g/mol. The molecule has 0 saturated heterocycles. The van der Waals surface area contributed by atoms with Gasteiger partial charge in [-0.05, 0) is 27.7 Å². The van der Waals surface area contributed by atoms with E-state index in [1.54, 1.807) is 0 Å². The molecule has 0 amide bonds. The fourth-order valence-corrected chi connectivity index (χ4v) is 1.42. The molecule has 0 bridgehead atoms. The van der Waals surface area contributed by atoms with E-state index in [0.717, 1.165) is 13.8 Å². The van der Waals surface area contributed by atoms with Gasteiger partial charge in [0.1, 0.15) is 0 Å². The molecule has 0 fully saturated rings. The van der Waals surface area contributed by atoms with Crippen LogP contribution >= 0.6 is 0 Å². The van der Waals surface area contributed by atoms with Gasteiger partial charge in [-0.3, -0.25) is 0 Å². The monoisotopic (exact) mass is 527 g/mol. The zero-order valence-electron chi connectivity index (χ0n) is 18.2. The van der Waals surface area contributed by atoms with E-state index >= 15 is 0 Å². The van der Waals surface area contributed by atoms with Crippen molar-refractivity contribution in [2.75, 3.05) is 19.8 Å². The zero-order chi connectivity index (χ0) is 26.8. The molecule has 0 aliphatic heterocycles. The molecular weight excluding hydrogens is 499 g/mol. The first-order valence-corrected chi connectivity index (χ1v) is 10.2. The van der Waals surface area contributed by atoms with Gasteiger partial charge >= 0.3 is 23.2 Å². The van der Waals surface area contributed by atoms with Gasteiger partial charge in [-0.15, -0.1) is 0 Å². The molecule has 0 unspecified atom stereocenters. The molecule has 0 spiro atoms. The van der Waals surface area contributed by atoms with E-state index in [9.17, 15) is 49.3 Å². The molecule has 0 saturated carbocycles. The zero-order valence-corrected chi connectivity index (χ0v) is 19.0. The molecular formula is C19H28F5O9S-. The smallest absolute Gasteiger partial charge is 0.367 e. The Morgan fingerprint density at radius 1 is 0.882 bits per heavy atom. The Labute approximate surface area is 194 Å². The molecule has 34 heavy (non-hydrogen) atoms. The van der Waals surface area contributed by atoms with Gasteiger partial charge in [-0.1, -0.05) is 20.6 Å². The molecule has 9 nitrogen and oxygen atoms in total. The quantitative estimate of drug-likeness (QED) is 0.130. The van der Waals surface area contributed by atoms with E-state index in [4.69, 9.17) is 0 Å². The van der Waals surface area contributed by atoms with Crippen LogP contribution in [0.4, 0.5) is 22.0 Å². The molecule has 0 aromatic rings. The Morgan fingerprint density at radius 3 is 1.65 bits per heavy atom. The molecule has 0 radical (unpaired) electrons. The number of carbonyl (C=O) groups excluding carboxylic acids is 3. The maximum absolute atomic E-state index is 13.0. The van der Waals surface area contributed by atoms with Gasteiger partial charge in [-0.2, -0.15) is 8.78 Å². The number of esters is 3. The second-order valence-corrected chi connectivity index (χ2v) is 8.46. The Kier molecular flexibility index (Phi) is 14.8. The fraction of sp³-hybridized carbons (Fsp3) is 0.632. The highest BCUT2D eigenvalue weighted by atomic mass is 32.2. The van der Waals surface area contributed by atoms with Crippen molar-refractivity contribution >= 4 is 28.0 Å². The Balaban J connectivity index is -0.000000558. The highest BCUT2D eigenvalue weighted by Gasteiger charge is 2.47. The van der Waals surface area contributed by atoms with E-state index in [1.807, 2.05) is 0 Å². The third-order valence-electron chi connectivity index (χ3n) is 3.30. The largest absolute Gasteiger partial charge is 0.743 e. The number of ether oxygens (including phenoxy) is 3. The van der Waals surface area contributed by atoms with Crippen molar-refractivity contribution in [3.8, 4) is 0 Å². The maximum Gasteiger partial charge on any atom is 0.367 e. The van der Waals surface area contributed by atoms with E-state index in [0.29, 0.717) is 0 Å². The first-order valence-electron chi connectivity index (χ1n) is 8.76. The summed E-state index contributed by atoms with van der Waals surface area (Å²) in [7, 11) is -5.93. The van der Waals surface area contributed by atoms with E-state index in [1.165, 1.54) is 13.8 Å². The summed E-state index contributed by atoms with van der Waals surface area (Å²) in [6.07, 6.45) is -0.838. The number of hydrogen-bond acceptors (Lipinski definition) is 9. The van der Waals surface area contributed by atoms with Crippen LogP contribution in [0.1, 0.15) is 41.5 Å². The predicted octanol–water partition coefficient (Wildman–Crippen LogP) is 3.30. The van der Waals surface area contributed by atoms with Crippen LogP contribution < -0.4 is 0 Å². The number of carbonyl (C=O) groups is 3. The molecule has 0 aliphatic carbocycles. The van der Waals surface area contributed by atoms with E-state index in [2.05, 4.69) is 27.4 Å². The van der Waals surface area contributed by atoms with Crippen molar-refractivity contribution in [3.05, 3.63) is 24.3 Å². The van der Waals surface area contributed by atoms with Gasteiger partial charge in [0.2, 0.25) is 0 Å². The van der Waals surface area contributed by atoms with Crippen molar-refractivity contribution in [1.82, 2.24) is 0 Å². The topological polar surface area (TPSA) is 136 Å². The molecule has 0 aromatic carbocycles. The highest BCUT2D eigenvalue weighted by molar-refractivity contribution is 7.86. The SMILES string of the molecule is C.C=C(C)C(=O)OCC(=O)OCC(F)(F)S(=O)(=O)[O-].C=C(C)C(=O)OCCC(F)(F)C(C)(C)F. The number of halogens is 5. The van der Waals surface area contributed by atoms with Gasteiger partial charge in [0, 0.05) is 17.6 Å². The molecule has 15 heteroatoms. The van der Waals surface area contributed by atoms with Gasteiger partial charge in [0.25, 0.3) is 5.92 Å². The van der Waals surface area contributed by atoms with Gasteiger partial charge in [0.05, 0.1) is 6.61 Å². The lowest BCUT2D eigenvalue weighted by Crippen LogP contribution is -2.39. The summed E-state index contributed by atoms with van der Waals surface area (Å²) in [5.41, 5.74) is -2.53. The van der Waals surface area contributed by atoms with Crippen LogP contribution in [-0.2, 0) is 38.7 Å². The summed E-state index contributed by atoms with van der Waals surface area (Å²) >= 11 is 0. The predicted molar refractivity (Wildman–Crippen MR) is 109 cm³/mol. The lowest BCUT2D eigenvalue weighted by molar-refractivity contribution is -0.160.